The fourth-order valence-corrected chi connectivity index (χ4v) is 2.82. The van der Waals surface area contributed by atoms with Crippen molar-refractivity contribution in [2.75, 3.05) is 31.1 Å². The molecule has 0 N–H and O–H groups in total. The average Bonchev–Trinajstić information content (AvgIpc) is 2.56. The van der Waals surface area contributed by atoms with E-state index in [0.717, 1.165) is 32.7 Å². The summed E-state index contributed by atoms with van der Waals surface area (Å²) in [6, 6.07) is 18.1. The standard InChI is InChI=1S/C17H18N3O2/c21-20(22)17-9-5-4-8-16(17)19-12-10-18(11-13-19)14-15-6-2-1-3-7-15/h1-4,6-9H,10-14H2. The van der Waals surface area contributed by atoms with Gasteiger partial charge in [0.2, 0.25) is 0 Å². The number of benzene rings is 2. The van der Waals surface area contributed by atoms with E-state index in [9.17, 15) is 10.1 Å². The predicted molar refractivity (Wildman–Crippen MR) is 85.9 cm³/mol. The monoisotopic (exact) mass is 296 g/mol. The van der Waals surface area contributed by atoms with Gasteiger partial charge in [-0.15, -0.1) is 0 Å². The van der Waals surface area contributed by atoms with Crippen molar-refractivity contribution >= 4 is 11.4 Å². The molecule has 113 valence electrons. The first-order chi connectivity index (χ1) is 10.7. The van der Waals surface area contributed by atoms with Gasteiger partial charge in [0.1, 0.15) is 5.69 Å². The summed E-state index contributed by atoms with van der Waals surface area (Å²) in [5.74, 6) is 0. The fraction of sp³-hybridized carbons (Fsp3) is 0.294. The minimum Gasteiger partial charge on any atom is -0.363 e. The number of rotatable bonds is 4. The number of piperazine rings is 1. The summed E-state index contributed by atoms with van der Waals surface area (Å²) >= 11 is 0. The lowest BCUT2D eigenvalue weighted by molar-refractivity contribution is -0.384. The highest BCUT2D eigenvalue weighted by molar-refractivity contribution is 5.63. The molecule has 1 saturated heterocycles. The molecule has 22 heavy (non-hydrogen) atoms. The van der Waals surface area contributed by atoms with Crippen LogP contribution in [-0.2, 0) is 6.54 Å². The van der Waals surface area contributed by atoms with Gasteiger partial charge in [0.25, 0.3) is 5.69 Å². The second-order valence-electron chi connectivity index (χ2n) is 5.42. The number of nitro groups is 1. The smallest absolute Gasteiger partial charge is 0.293 e. The molecule has 0 aliphatic carbocycles. The van der Waals surface area contributed by atoms with Gasteiger partial charge in [0, 0.05) is 38.8 Å². The first-order valence-corrected chi connectivity index (χ1v) is 7.40. The van der Waals surface area contributed by atoms with Crippen LogP contribution in [0.2, 0.25) is 0 Å². The molecule has 0 unspecified atom stereocenters. The Hall–Kier alpha value is -2.40. The molecule has 0 aromatic heterocycles. The molecular formula is C17H18N3O2. The number of hydrogen-bond acceptors (Lipinski definition) is 4. The quantitative estimate of drug-likeness (QED) is 0.643. The summed E-state index contributed by atoms with van der Waals surface area (Å²) < 4.78 is 0. The highest BCUT2D eigenvalue weighted by atomic mass is 16.6. The molecule has 2 aromatic rings. The highest BCUT2D eigenvalue weighted by Gasteiger charge is 2.23. The van der Waals surface area contributed by atoms with Gasteiger partial charge in [0.05, 0.1) is 4.92 Å². The van der Waals surface area contributed by atoms with Gasteiger partial charge in [-0.25, -0.2) is 0 Å². The molecule has 1 heterocycles. The lowest BCUT2D eigenvalue weighted by atomic mass is 10.2. The van der Waals surface area contributed by atoms with Crippen molar-refractivity contribution in [1.82, 2.24) is 4.90 Å². The first kappa shape index (κ1) is 14.5. The molecule has 3 rings (SSSR count). The summed E-state index contributed by atoms with van der Waals surface area (Å²) in [5.41, 5.74) is 2.14. The number of hydrogen-bond donors (Lipinski definition) is 0. The van der Waals surface area contributed by atoms with Crippen LogP contribution >= 0.6 is 0 Å². The Kier molecular flexibility index (Phi) is 4.34. The van der Waals surface area contributed by atoms with Crippen LogP contribution in [0, 0.1) is 16.2 Å². The lowest BCUT2D eigenvalue weighted by Crippen LogP contribution is -2.46. The molecule has 1 radical (unpaired) electrons. The van der Waals surface area contributed by atoms with Crippen molar-refractivity contribution in [3.05, 3.63) is 70.3 Å². The molecular weight excluding hydrogens is 278 g/mol. The van der Waals surface area contributed by atoms with Crippen LogP contribution in [-0.4, -0.2) is 36.0 Å². The zero-order chi connectivity index (χ0) is 15.4. The molecule has 5 nitrogen and oxygen atoms in total. The molecule has 0 saturated carbocycles. The van der Waals surface area contributed by atoms with E-state index < -0.39 is 0 Å². The highest BCUT2D eigenvalue weighted by Crippen LogP contribution is 2.28. The molecule has 1 aliphatic heterocycles. The van der Waals surface area contributed by atoms with Gasteiger partial charge >= 0.3 is 0 Å². The average molecular weight is 296 g/mol. The second kappa shape index (κ2) is 6.58. The van der Waals surface area contributed by atoms with E-state index in [1.165, 1.54) is 11.6 Å². The van der Waals surface area contributed by atoms with E-state index in [4.69, 9.17) is 0 Å². The third kappa shape index (κ3) is 3.26. The molecule has 1 aliphatic rings. The van der Waals surface area contributed by atoms with Crippen molar-refractivity contribution in [2.45, 2.75) is 6.54 Å². The van der Waals surface area contributed by atoms with E-state index in [-0.39, 0.29) is 10.6 Å². The van der Waals surface area contributed by atoms with E-state index in [1.54, 1.807) is 12.1 Å². The van der Waals surface area contributed by atoms with E-state index >= 15 is 0 Å². The lowest BCUT2D eigenvalue weighted by Gasteiger charge is -2.35. The summed E-state index contributed by atoms with van der Waals surface area (Å²) in [7, 11) is 0. The van der Waals surface area contributed by atoms with Crippen LogP contribution in [0.4, 0.5) is 11.4 Å². The van der Waals surface area contributed by atoms with Gasteiger partial charge in [-0.3, -0.25) is 15.0 Å². The van der Waals surface area contributed by atoms with Crippen molar-refractivity contribution in [3.63, 3.8) is 0 Å². The Labute approximate surface area is 129 Å². The summed E-state index contributed by atoms with van der Waals surface area (Å²) in [5, 5.41) is 11.1. The maximum absolute atomic E-state index is 11.1. The van der Waals surface area contributed by atoms with Crippen LogP contribution in [0.5, 0.6) is 0 Å². The van der Waals surface area contributed by atoms with Crippen LogP contribution in [0.3, 0.4) is 0 Å². The van der Waals surface area contributed by atoms with E-state index in [0.29, 0.717) is 5.69 Å². The van der Waals surface area contributed by atoms with Crippen LogP contribution < -0.4 is 4.90 Å². The molecule has 0 bridgehead atoms. The van der Waals surface area contributed by atoms with E-state index in [1.807, 2.05) is 6.07 Å². The normalized spacial score (nSPS) is 15.7. The Morgan fingerprint density at radius 3 is 2.50 bits per heavy atom. The molecule has 1 fully saturated rings. The SMILES string of the molecule is O=[N+]([O-])c1c[c]ccc1N1CCN(Cc2ccccc2)CC1. The molecule has 0 spiro atoms. The summed E-state index contributed by atoms with van der Waals surface area (Å²) in [4.78, 5) is 15.3. The van der Waals surface area contributed by atoms with Gasteiger partial charge in [0.15, 0.2) is 0 Å². The zero-order valence-electron chi connectivity index (χ0n) is 12.3. The molecule has 5 heteroatoms. The minimum atomic E-state index is -0.331. The maximum Gasteiger partial charge on any atom is 0.293 e. The zero-order valence-corrected chi connectivity index (χ0v) is 12.3. The van der Waals surface area contributed by atoms with Crippen molar-refractivity contribution in [2.24, 2.45) is 0 Å². The van der Waals surface area contributed by atoms with Crippen LogP contribution in [0.15, 0.2) is 48.5 Å². The van der Waals surface area contributed by atoms with Crippen molar-refractivity contribution in [1.29, 1.82) is 0 Å². The predicted octanol–water partition coefficient (Wildman–Crippen LogP) is 2.72. The number of nitrogens with zero attached hydrogens (tertiary/aromatic N) is 3. The van der Waals surface area contributed by atoms with Crippen molar-refractivity contribution in [3.8, 4) is 0 Å². The van der Waals surface area contributed by atoms with E-state index in [2.05, 4.69) is 40.1 Å². The van der Waals surface area contributed by atoms with Gasteiger partial charge in [-0.2, -0.15) is 0 Å². The topological polar surface area (TPSA) is 49.6 Å². The number of nitro benzene ring substituents is 1. The molecule has 0 amide bonds. The summed E-state index contributed by atoms with van der Waals surface area (Å²) in [6.45, 7) is 4.35. The summed E-state index contributed by atoms with van der Waals surface area (Å²) in [6.07, 6.45) is 0. The Morgan fingerprint density at radius 2 is 1.82 bits per heavy atom. The second-order valence-corrected chi connectivity index (χ2v) is 5.42. The largest absolute Gasteiger partial charge is 0.363 e. The Bertz CT molecular complexity index is 637. The third-order valence-corrected chi connectivity index (χ3v) is 3.98. The molecule has 2 aromatic carbocycles. The third-order valence-electron chi connectivity index (χ3n) is 3.98. The van der Waals surface area contributed by atoms with Crippen LogP contribution in [0.1, 0.15) is 5.56 Å². The Balaban J connectivity index is 1.64. The van der Waals surface area contributed by atoms with Crippen LogP contribution in [0.25, 0.3) is 0 Å². The first-order valence-electron chi connectivity index (χ1n) is 7.40. The minimum absolute atomic E-state index is 0.138. The number of anilines is 1. The van der Waals surface area contributed by atoms with Gasteiger partial charge in [-0.05, 0) is 17.7 Å². The van der Waals surface area contributed by atoms with Gasteiger partial charge in [-0.1, -0.05) is 36.4 Å². The fourth-order valence-electron chi connectivity index (χ4n) is 2.82. The molecule has 0 atom stereocenters. The maximum atomic E-state index is 11.1. The van der Waals surface area contributed by atoms with Crippen molar-refractivity contribution < 1.29 is 4.92 Å². The van der Waals surface area contributed by atoms with Gasteiger partial charge < -0.3 is 4.90 Å². The Morgan fingerprint density at radius 1 is 1.09 bits per heavy atom.